The second-order valence-electron chi connectivity index (χ2n) is 3.23. The van der Waals surface area contributed by atoms with E-state index in [0.29, 0.717) is 6.54 Å². The van der Waals surface area contributed by atoms with Crippen LogP contribution >= 0.6 is 11.8 Å². The highest BCUT2D eigenvalue weighted by atomic mass is 32.2. The van der Waals surface area contributed by atoms with E-state index in [2.05, 4.69) is 17.6 Å². The molecule has 15 heavy (non-hydrogen) atoms. The smallest absolute Gasteiger partial charge is 0.314 e. The molecule has 0 aromatic rings. The summed E-state index contributed by atoms with van der Waals surface area (Å²) in [5, 5.41) is 14.1. The van der Waals surface area contributed by atoms with Gasteiger partial charge >= 0.3 is 6.03 Å². The van der Waals surface area contributed by atoms with Gasteiger partial charge in [-0.25, -0.2) is 4.79 Å². The van der Waals surface area contributed by atoms with Crippen molar-refractivity contribution in [2.24, 2.45) is 0 Å². The minimum absolute atomic E-state index is 0.0776. The summed E-state index contributed by atoms with van der Waals surface area (Å²) in [4.78, 5) is 11.1. The molecular formula is C10H22N2O2S. The molecule has 90 valence electrons. The summed E-state index contributed by atoms with van der Waals surface area (Å²) in [5.74, 6) is 1.86. The van der Waals surface area contributed by atoms with Crippen LogP contribution in [0.2, 0.25) is 0 Å². The lowest BCUT2D eigenvalue weighted by atomic mass is 10.3. The van der Waals surface area contributed by atoms with Crippen molar-refractivity contribution in [2.75, 3.05) is 31.2 Å². The number of aliphatic hydroxyl groups excluding tert-OH is 1. The average Bonchev–Trinajstić information content (AvgIpc) is 2.23. The van der Waals surface area contributed by atoms with Crippen LogP contribution < -0.4 is 10.6 Å². The summed E-state index contributed by atoms with van der Waals surface area (Å²) in [5.41, 5.74) is 0. The van der Waals surface area contributed by atoms with Crippen molar-refractivity contribution in [3.63, 3.8) is 0 Å². The molecule has 4 nitrogen and oxygen atoms in total. The van der Waals surface area contributed by atoms with Gasteiger partial charge in [0.25, 0.3) is 0 Å². The third-order valence-electron chi connectivity index (χ3n) is 1.79. The fourth-order valence-corrected chi connectivity index (χ4v) is 1.73. The molecule has 0 aliphatic heterocycles. The van der Waals surface area contributed by atoms with Crippen LogP contribution in [0.1, 0.15) is 26.2 Å². The zero-order chi connectivity index (χ0) is 11.4. The Kier molecular flexibility index (Phi) is 11.3. The predicted molar refractivity (Wildman–Crippen MR) is 65.3 cm³/mol. The topological polar surface area (TPSA) is 61.4 Å². The first-order valence-corrected chi connectivity index (χ1v) is 6.67. The molecule has 3 N–H and O–H groups in total. The molecule has 0 spiro atoms. The van der Waals surface area contributed by atoms with Crippen LogP contribution in [0.4, 0.5) is 4.79 Å². The van der Waals surface area contributed by atoms with Gasteiger partial charge in [0.15, 0.2) is 0 Å². The summed E-state index contributed by atoms with van der Waals surface area (Å²) in [6.45, 7) is 3.78. The number of thioether (sulfide) groups is 1. The normalized spacial score (nSPS) is 10.0. The third kappa shape index (κ3) is 11.5. The highest BCUT2D eigenvalue weighted by molar-refractivity contribution is 7.99. The van der Waals surface area contributed by atoms with Crippen molar-refractivity contribution >= 4 is 17.8 Å². The molecule has 0 saturated carbocycles. The van der Waals surface area contributed by atoms with Crippen molar-refractivity contribution in [3.05, 3.63) is 0 Å². The Morgan fingerprint density at radius 3 is 2.60 bits per heavy atom. The second kappa shape index (κ2) is 11.7. The molecule has 0 aliphatic carbocycles. The Balaban J connectivity index is 3.10. The van der Waals surface area contributed by atoms with E-state index in [1.807, 2.05) is 0 Å². The summed E-state index contributed by atoms with van der Waals surface area (Å²) in [6.07, 6.45) is 2.95. The van der Waals surface area contributed by atoms with Crippen molar-refractivity contribution in [1.82, 2.24) is 10.6 Å². The highest BCUT2D eigenvalue weighted by Gasteiger charge is 1.97. The fourth-order valence-electron chi connectivity index (χ4n) is 0.947. The lowest BCUT2D eigenvalue weighted by Crippen LogP contribution is -2.37. The zero-order valence-corrected chi connectivity index (χ0v) is 10.2. The first kappa shape index (κ1) is 14.6. The van der Waals surface area contributed by atoms with Crippen molar-refractivity contribution in [1.29, 1.82) is 0 Å². The van der Waals surface area contributed by atoms with Crippen LogP contribution in [-0.2, 0) is 0 Å². The van der Waals surface area contributed by atoms with Crippen LogP contribution in [0.25, 0.3) is 0 Å². The molecule has 0 radical (unpaired) electrons. The number of rotatable bonds is 9. The first-order valence-electron chi connectivity index (χ1n) is 5.51. The number of carbonyl (C=O) groups excluding carboxylic acids is 1. The second-order valence-corrected chi connectivity index (χ2v) is 4.45. The van der Waals surface area contributed by atoms with Crippen LogP contribution in [0.15, 0.2) is 0 Å². The molecule has 0 unspecified atom stereocenters. The monoisotopic (exact) mass is 234 g/mol. The molecule has 0 fully saturated rings. The van der Waals surface area contributed by atoms with Gasteiger partial charge in [-0.05, 0) is 18.6 Å². The summed E-state index contributed by atoms with van der Waals surface area (Å²) < 4.78 is 0. The number of hydrogen-bond donors (Lipinski definition) is 3. The van der Waals surface area contributed by atoms with Crippen LogP contribution in [-0.4, -0.2) is 42.3 Å². The molecule has 0 aromatic heterocycles. The van der Waals surface area contributed by atoms with E-state index < -0.39 is 0 Å². The minimum atomic E-state index is -0.0776. The Labute approximate surface area is 96.2 Å². The number of aliphatic hydroxyl groups is 1. The first-order chi connectivity index (χ1) is 7.31. The molecule has 0 aliphatic rings. The van der Waals surface area contributed by atoms with E-state index in [-0.39, 0.29) is 12.6 Å². The van der Waals surface area contributed by atoms with Gasteiger partial charge in [0.1, 0.15) is 0 Å². The molecule has 0 bridgehead atoms. The number of unbranched alkanes of at least 4 members (excludes halogenated alkanes) is 1. The Morgan fingerprint density at radius 1 is 1.20 bits per heavy atom. The molecule has 0 heterocycles. The maximum Gasteiger partial charge on any atom is 0.314 e. The largest absolute Gasteiger partial charge is 0.396 e. The van der Waals surface area contributed by atoms with Crippen molar-refractivity contribution < 1.29 is 9.90 Å². The van der Waals surface area contributed by atoms with Crippen molar-refractivity contribution in [3.8, 4) is 0 Å². The number of carbonyl (C=O) groups is 1. The Hall–Kier alpha value is -0.420. The summed E-state index contributed by atoms with van der Waals surface area (Å²) in [7, 11) is 0. The standard InChI is InChI=1S/C10H22N2O2S/c1-2-3-5-11-10(14)12-6-9-15-8-4-7-13/h13H,2-9H2,1H3,(H2,11,12,14). The molecular weight excluding hydrogens is 212 g/mol. The van der Waals surface area contributed by atoms with Crippen LogP contribution in [0.5, 0.6) is 0 Å². The van der Waals surface area contributed by atoms with E-state index in [4.69, 9.17) is 5.11 Å². The maximum atomic E-state index is 11.1. The lowest BCUT2D eigenvalue weighted by molar-refractivity contribution is 0.241. The van der Waals surface area contributed by atoms with Gasteiger partial charge < -0.3 is 15.7 Å². The number of urea groups is 1. The molecule has 2 amide bonds. The number of amides is 2. The number of nitrogens with one attached hydrogen (secondary N) is 2. The van der Waals surface area contributed by atoms with E-state index in [1.165, 1.54) is 0 Å². The molecule has 5 heteroatoms. The average molecular weight is 234 g/mol. The maximum absolute atomic E-state index is 11.1. The molecule has 0 saturated heterocycles. The van der Waals surface area contributed by atoms with Gasteiger partial charge in [-0.15, -0.1) is 0 Å². The van der Waals surface area contributed by atoms with E-state index in [9.17, 15) is 4.79 Å². The third-order valence-corrected chi connectivity index (χ3v) is 2.86. The molecule has 0 rings (SSSR count). The predicted octanol–water partition coefficient (Wildman–Crippen LogP) is 1.20. The lowest BCUT2D eigenvalue weighted by Gasteiger charge is -2.06. The van der Waals surface area contributed by atoms with E-state index >= 15 is 0 Å². The van der Waals surface area contributed by atoms with E-state index in [1.54, 1.807) is 11.8 Å². The fraction of sp³-hybridized carbons (Fsp3) is 0.900. The Bertz CT molecular complexity index is 156. The van der Waals surface area contributed by atoms with Crippen LogP contribution in [0, 0.1) is 0 Å². The van der Waals surface area contributed by atoms with Gasteiger partial charge in [-0.1, -0.05) is 13.3 Å². The minimum Gasteiger partial charge on any atom is -0.396 e. The quantitative estimate of drug-likeness (QED) is 0.525. The molecule has 0 atom stereocenters. The van der Waals surface area contributed by atoms with Crippen molar-refractivity contribution in [2.45, 2.75) is 26.2 Å². The van der Waals surface area contributed by atoms with E-state index in [0.717, 1.165) is 37.3 Å². The highest BCUT2D eigenvalue weighted by Crippen LogP contribution is 1.99. The van der Waals surface area contributed by atoms with Gasteiger partial charge in [-0.3, -0.25) is 0 Å². The summed E-state index contributed by atoms with van der Waals surface area (Å²) in [6, 6.07) is -0.0776. The van der Waals surface area contributed by atoms with Gasteiger partial charge in [0.2, 0.25) is 0 Å². The molecule has 0 aromatic carbocycles. The van der Waals surface area contributed by atoms with Crippen LogP contribution in [0.3, 0.4) is 0 Å². The number of hydrogen-bond acceptors (Lipinski definition) is 3. The SMILES string of the molecule is CCCCNC(=O)NCCSCCCO. The Morgan fingerprint density at radius 2 is 1.93 bits per heavy atom. The summed E-state index contributed by atoms with van der Waals surface area (Å²) >= 11 is 1.75. The van der Waals surface area contributed by atoms with Gasteiger partial charge in [0.05, 0.1) is 0 Å². The van der Waals surface area contributed by atoms with Gasteiger partial charge in [0, 0.05) is 25.4 Å². The van der Waals surface area contributed by atoms with Gasteiger partial charge in [-0.2, -0.15) is 11.8 Å². The zero-order valence-electron chi connectivity index (χ0n) is 9.42.